The number of benzene rings is 2. The number of hydrogen-bond donors (Lipinski definition) is 1. The average molecular weight is 487 g/mol. The Balaban J connectivity index is 2.09. The quantitative estimate of drug-likeness (QED) is 0.474. The van der Waals surface area contributed by atoms with Gasteiger partial charge in [0.25, 0.3) is 0 Å². The van der Waals surface area contributed by atoms with Gasteiger partial charge in [0.2, 0.25) is 19.9 Å². The predicted molar refractivity (Wildman–Crippen MR) is 130 cm³/mol. The number of sulfonamides is 1. The van der Waals surface area contributed by atoms with Gasteiger partial charge in [-0.2, -0.15) is 0 Å². The fourth-order valence-electron chi connectivity index (χ4n) is 3.65. The van der Waals surface area contributed by atoms with Gasteiger partial charge in [-0.25, -0.2) is 21.6 Å². The van der Waals surface area contributed by atoms with Crippen molar-refractivity contribution in [2.24, 2.45) is 0 Å². The molecule has 33 heavy (non-hydrogen) atoms. The average Bonchev–Trinajstić information content (AvgIpc) is 2.79. The third-order valence-corrected chi connectivity index (χ3v) is 8.82. The van der Waals surface area contributed by atoms with Crippen LogP contribution in [-0.2, 0) is 26.3 Å². The van der Waals surface area contributed by atoms with Crippen LogP contribution >= 0.6 is 0 Å². The van der Waals surface area contributed by atoms with Crippen LogP contribution in [0.1, 0.15) is 56.2 Å². The highest BCUT2D eigenvalue weighted by atomic mass is 32.2. The molecule has 0 spiro atoms. The highest BCUT2D eigenvalue weighted by Crippen LogP contribution is 2.35. The molecule has 0 atom stereocenters. The molecular weight excluding hydrogens is 456 g/mol. The normalized spacial score (nSPS) is 12.4. The fraction of sp³-hybridized carbons (Fsp3) is 0.320. The number of rotatable bonds is 9. The summed E-state index contributed by atoms with van der Waals surface area (Å²) in [4.78, 5) is 4.14. The van der Waals surface area contributed by atoms with E-state index in [1.165, 1.54) is 18.2 Å². The Morgan fingerprint density at radius 1 is 0.788 bits per heavy atom. The molecule has 3 aromatic rings. The number of aromatic nitrogens is 1. The van der Waals surface area contributed by atoms with Crippen molar-refractivity contribution in [3.63, 3.8) is 0 Å². The summed E-state index contributed by atoms with van der Waals surface area (Å²) in [6, 6.07) is 14.8. The lowest BCUT2D eigenvalue weighted by atomic mass is 9.95. The standard InChI is InChI=1S/C25H30N2O4S2/c1-18(2)22-16-23(19(3)4)25(17-24(22)32(28,29)21-8-6-5-7-9-21)33(30,31)27-15-12-20-10-13-26-14-11-20/h5-11,13-14,16-19,27H,12,15H2,1-4H3. The van der Waals surface area contributed by atoms with Crippen molar-refractivity contribution in [1.29, 1.82) is 0 Å². The van der Waals surface area contributed by atoms with E-state index in [4.69, 9.17) is 0 Å². The van der Waals surface area contributed by atoms with E-state index in [0.717, 1.165) is 5.56 Å². The van der Waals surface area contributed by atoms with E-state index >= 15 is 0 Å². The summed E-state index contributed by atoms with van der Waals surface area (Å²) in [5.74, 6) is -0.213. The fourth-order valence-corrected chi connectivity index (χ4v) is 6.77. The molecule has 0 saturated heterocycles. The van der Waals surface area contributed by atoms with Gasteiger partial charge in [0, 0.05) is 18.9 Å². The zero-order chi connectivity index (χ0) is 24.2. The Morgan fingerprint density at radius 3 is 1.94 bits per heavy atom. The molecule has 2 aromatic carbocycles. The van der Waals surface area contributed by atoms with Crippen LogP contribution < -0.4 is 4.72 Å². The summed E-state index contributed by atoms with van der Waals surface area (Å²) >= 11 is 0. The van der Waals surface area contributed by atoms with Crippen LogP contribution in [0.15, 0.2) is 81.7 Å². The van der Waals surface area contributed by atoms with Crippen LogP contribution in [-0.4, -0.2) is 28.4 Å². The van der Waals surface area contributed by atoms with E-state index in [2.05, 4.69) is 9.71 Å². The molecule has 0 bridgehead atoms. The SMILES string of the molecule is CC(C)c1cc(C(C)C)c(S(=O)(=O)c2ccccc2)cc1S(=O)(=O)NCCc1ccncc1. The van der Waals surface area contributed by atoms with Gasteiger partial charge < -0.3 is 0 Å². The maximum atomic E-state index is 13.5. The molecular formula is C25H30N2O4S2. The monoisotopic (exact) mass is 486 g/mol. The molecule has 0 saturated carbocycles. The van der Waals surface area contributed by atoms with Crippen molar-refractivity contribution in [3.05, 3.63) is 83.7 Å². The van der Waals surface area contributed by atoms with Gasteiger partial charge >= 0.3 is 0 Å². The molecule has 176 valence electrons. The van der Waals surface area contributed by atoms with E-state index in [-0.39, 0.29) is 33.1 Å². The van der Waals surface area contributed by atoms with Crippen molar-refractivity contribution in [1.82, 2.24) is 9.71 Å². The summed E-state index contributed by atoms with van der Waals surface area (Å²) in [6.45, 7) is 7.81. The Bertz CT molecular complexity index is 1300. The number of pyridine rings is 1. The minimum atomic E-state index is -3.94. The third-order valence-electron chi connectivity index (χ3n) is 5.47. The molecule has 6 nitrogen and oxygen atoms in total. The first kappa shape index (κ1) is 25.1. The van der Waals surface area contributed by atoms with Crippen LogP contribution in [0.2, 0.25) is 0 Å². The van der Waals surface area contributed by atoms with Crippen LogP contribution in [0.3, 0.4) is 0 Å². The summed E-state index contributed by atoms with van der Waals surface area (Å²) in [5.41, 5.74) is 2.17. The van der Waals surface area contributed by atoms with Gasteiger partial charge in [0.15, 0.2) is 0 Å². The first-order valence-corrected chi connectivity index (χ1v) is 13.9. The molecule has 0 aliphatic carbocycles. The third kappa shape index (κ3) is 5.69. The van der Waals surface area contributed by atoms with E-state index in [1.54, 1.807) is 36.7 Å². The number of nitrogens with one attached hydrogen (secondary N) is 1. The van der Waals surface area contributed by atoms with Gasteiger partial charge in [0.05, 0.1) is 14.7 Å². The summed E-state index contributed by atoms with van der Waals surface area (Å²) in [6.07, 6.45) is 3.82. The molecule has 1 aromatic heterocycles. The van der Waals surface area contributed by atoms with E-state index in [0.29, 0.717) is 17.5 Å². The van der Waals surface area contributed by atoms with Crippen LogP contribution in [0, 0.1) is 0 Å². The van der Waals surface area contributed by atoms with E-state index in [1.807, 2.05) is 39.8 Å². The van der Waals surface area contributed by atoms with Crippen molar-refractivity contribution in [3.8, 4) is 0 Å². The summed E-state index contributed by atoms with van der Waals surface area (Å²) < 4.78 is 56.3. The lowest BCUT2D eigenvalue weighted by Crippen LogP contribution is -2.27. The Hall–Kier alpha value is -2.55. The van der Waals surface area contributed by atoms with Gasteiger partial charge in [-0.05, 0) is 65.3 Å². The zero-order valence-corrected chi connectivity index (χ0v) is 20.9. The smallest absolute Gasteiger partial charge is 0.240 e. The minimum absolute atomic E-state index is 0.00568. The maximum Gasteiger partial charge on any atom is 0.240 e. The second kappa shape index (κ2) is 10.2. The van der Waals surface area contributed by atoms with Gasteiger partial charge in [0.1, 0.15) is 0 Å². The van der Waals surface area contributed by atoms with Gasteiger partial charge in [-0.1, -0.05) is 52.0 Å². The molecule has 0 amide bonds. The highest BCUT2D eigenvalue weighted by molar-refractivity contribution is 7.91. The molecule has 0 unspecified atom stereocenters. The molecule has 8 heteroatoms. The molecule has 0 aliphatic rings. The zero-order valence-electron chi connectivity index (χ0n) is 19.3. The Labute approximate surface area is 197 Å². The van der Waals surface area contributed by atoms with E-state index in [9.17, 15) is 16.8 Å². The minimum Gasteiger partial charge on any atom is -0.265 e. The first-order valence-electron chi connectivity index (χ1n) is 10.9. The number of sulfone groups is 1. The molecule has 0 fully saturated rings. The van der Waals surface area contributed by atoms with Crippen molar-refractivity contribution in [2.45, 2.75) is 60.6 Å². The lowest BCUT2D eigenvalue weighted by molar-refractivity contribution is 0.578. The molecule has 1 heterocycles. The van der Waals surface area contributed by atoms with Gasteiger partial charge in [-0.15, -0.1) is 0 Å². The number of hydrogen-bond acceptors (Lipinski definition) is 5. The molecule has 3 rings (SSSR count). The topological polar surface area (TPSA) is 93.2 Å². The molecule has 1 N–H and O–H groups in total. The summed E-state index contributed by atoms with van der Waals surface area (Å²) in [5, 5.41) is 0. The Kier molecular flexibility index (Phi) is 7.72. The Morgan fingerprint density at radius 2 is 1.36 bits per heavy atom. The predicted octanol–water partition coefficient (Wildman–Crippen LogP) is 4.68. The van der Waals surface area contributed by atoms with Crippen LogP contribution in [0.5, 0.6) is 0 Å². The highest BCUT2D eigenvalue weighted by Gasteiger charge is 2.29. The van der Waals surface area contributed by atoms with Crippen LogP contribution in [0.25, 0.3) is 0 Å². The largest absolute Gasteiger partial charge is 0.265 e. The lowest BCUT2D eigenvalue weighted by Gasteiger charge is -2.21. The first-order chi connectivity index (χ1) is 15.5. The van der Waals surface area contributed by atoms with Crippen molar-refractivity contribution in [2.75, 3.05) is 6.54 Å². The summed E-state index contributed by atoms with van der Waals surface area (Å²) in [7, 11) is -7.85. The van der Waals surface area contributed by atoms with Crippen molar-refractivity contribution < 1.29 is 16.8 Å². The second-order valence-electron chi connectivity index (χ2n) is 8.56. The van der Waals surface area contributed by atoms with Gasteiger partial charge in [-0.3, -0.25) is 4.98 Å². The molecule has 0 aliphatic heterocycles. The second-order valence-corrected chi connectivity index (χ2v) is 12.2. The molecule has 0 radical (unpaired) electrons. The maximum absolute atomic E-state index is 13.5. The number of nitrogens with zero attached hydrogens (tertiary/aromatic N) is 1. The van der Waals surface area contributed by atoms with E-state index < -0.39 is 19.9 Å². The van der Waals surface area contributed by atoms with Crippen LogP contribution in [0.4, 0.5) is 0 Å². The van der Waals surface area contributed by atoms with Crippen molar-refractivity contribution >= 4 is 19.9 Å².